The van der Waals surface area contributed by atoms with Crippen molar-refractivity contribution in [1.29, 1.82) is 0 Å². The average molecular weight is 605 g/mol. The molecule has 45 heavy (non-hydrogen) atoms. The Hall–Kier alpha value is -5.44. The van der Waals surface area contributed by atoms with Gasteiger partial charge in [-0.25, -0.2) is 0 Å². The summed E-state index contributed by atoms with van der Waals surface area (Å²) in [5, 5.41) is 0. The molecule has 0 saturated carbocycles. The van der Waals surface area contributed by atoms with Crippen LogP contribution in [0.5, 0.6) is 23.0 Å². The van der Waals surface area contributed by atoms with Gasteiger partial charge >= 0.3 is 0 Å². The minimum Gasteiger partial charge on any atom is -0.492 e. The van der Waals surface area contributed by atoms with Crippen molar-refractivity contribution in [2.24, 2.45) is 0 Å². The Kier molecular flexibility index (Phi) is 7.85. The van der Waals surface area contributed by atoms with Crippen molar-refractivity contribution in [2.75, 3.05) is 26.3 Å². The van der Waals surface area contributed by atoms with Gasteiger partial charge in [0, 0.05) is 0 Å². The van der Waals surface area contributed by atoms with Gasteiger partial charge in [-0.15, -0.1) is 0 Å². The lowest BCUT2D eigenvalue weighted by molar-refractivity contribution is 0.0617. The molecular weight excluding hydrogens is 572 g/mol. The molecule has 0 radical (unpaired) electrons. The summed E-state index contributed by atoms with van der Waals surface area (Å²) in [5.74, 6) is 0.330. The van der Waals surface area contributed by atoms with Gasteiger partial charge in [0.1, 0.15) is 36.2 Å². The van der Waals surface area contributed by atoms with E-state index in [1.165, 1.54) is 12.1 Å². The Morgan fingerprint density at radius 2 is 0.822 bits per heavy atom. The molecule has 2 aliphatic heterocycles. The van der Waals surface area contributed by atoms with Gasteiger partial charge < -0.3 is 14.2 Å². The lowest BCUT2D eigenvalue weighted by Crippen LogP contribution is -2.33. The molecule has 0 spiro atoms. The van der Waals surface area contributed by atoms with E-state index in [0.717, 1.165) is 32.1 Å². The van der Waals surface area contributed by atoms with Crippen molar-refractivity contribution in [2.45, 2.75) is 27.7 Å². The maximum atomic E-state index is 13.1. The Labute approximate surface area is 260 Å². The normalized spacial score (nSPS) is 13.8. The lowest BCUT2D eigenvalue weighted by atomic mass is 10.1. The molecule has 2 heterocycles. The fourth-order valence-corrected chi connectivity index (χ4v) is 5.33. The van der Waals surface area contributed by atoms with Gasteiger partial charge in [0.2, 0.25) is 0 Å². The van der Waals surface area contributed by atoms with Crippen molar-refractivity contribution >= 4 is 23.6 Å². The van der Waals surface area contributed by atoms with Crippen LogP contribution in [0.1, 0.15) is 63.7 Å². The predicted octanol–water partition coefficient (Wildman–Crippen LogP) is 6.06. The number of benzene rings is 4. The number of amides is 4. The molecule has 4 aromatic carbocycles. The van der Waals surface area contributed by atoms with E-state index in [2.05, 4.69) is 0 Å². The highest BCUT2D eigenvalue weighted by molar-refractivity contribution is 6.22. The molecule has 228 valence electrons. The number of nitrogens with zero attached hydrogens (tertiary/aromatic N) is 2. The number of aryl methyl sites for hydroxylation is 4. The van der Waals surface area contributed by atoms with Crippen LogP contribution in [0, 0.1) is 27.7 Å². The maximum Gasteiger partial charge on any atom is 0.261 e. The van der Waals surface area contributed by atoms with Crippen LogP contribution in [0.15, 0.2) is 72.8 Å². The topological polar surface area (TPSA) is 102 Å². The van der Waals surface area contributed by atoms with Crippen molar-refractivity contribution in [1.82, 2.24) is 9.80 Å². The second-order valence-corrected chi connectivity index (χ2v) is 11.2. The minimum absolute atomic E-state index is 0.0998. The summed E-state index contributed by atoms with van der Waals surface area (Å²) in [5.41, 5.74) is 5.51. The molecule has 0 N–H and O–H groups in total. The molecule has 6 rings (SSSR count). The van der Waals surface area contributed by atoms with Crippen molar-refractivity contribution in [3.05, 3.63) is 117 Å². The largest absolute Gasteiger partial charge is 0.492 e. The van der Waals surface area contributed by atoms with E-state index >= 15 is 0 Å². The number of imide groups is 2. The van der Waals surface area contributed by atoms with Gasteiger partial charge in [-0.3, -0.25) is 29.0 Å². The first-order valence-corrected chi connectivity index (χ1v) is 14.7. The number of hydrogen-bond donors (Lipinski definition) is 0. The van der Waals surface area contributed by atoms with Gasteiger partial charge in [0.15, 0.2) is 0 Å². The summed E-state index contributed by atoms with van der Waals surface area (Å²) in [4.78, 5) is 54.5. The first-order chi connectivity index (χ1) is 21.6. The second-order valence-electron chi connectivity index (χ2n) is 11.2. The molecule has 0 unspecified atom stereocenters. The molecule has 4 aromatic rings. The van der Waals surface area contributed by atoms with Crippen LogP contribution in [-0.4, -0.2) is 59.7 Å². The Balaban J connectivity index is 1.08. The zero-order chi connectivity index (χ0) is 31.8. The van der Waals surface area contributed by atoms with E-state index in [9.17, 15) is 19.2 Å². The fourth-order valence-electron chi connectivity index (χ4n) is 5.33. The first kappa shape index (κ1) is 29.6. The van der Waals surface area contributed by atoms with Crippen LogP contribution in [0.2, 0.25) is 0 Å². The van der Waals surface area contributed by atoms with Gasteiger partial charge in [0.05, 0.1) is 35.3 Å². The second kappa shape index (κ2) is 11.9. The molecule has 9 nitrogen and oxygen atoms in total. The number of hydrogen-bond acceptors (Lipinski definition) is 7. The summed E-state index contributed by atoms with van der Waals surface area (Å²) in [7, 11) is 0. The summed E-state index contributed by atoms with van der Waals surface area (Å²) >= 11 is 0. The number of ether oxygens (including phenoxy) is 3. The van der Waals surface area contributed by atoms with Crippen molar-refractivity contribution in [3.8, 4) is 23.0 Å². The molecule has 0 fully saturated rings. The van der Waals surface area contributed by atoms with Crippen LogP contribution in [-0.2, 0) is 0 Å². The molecular formula is C36H32N2O7. The van der Waals surface area contributed by atoms with Crippen molar-refractivity contribution in [3.63, 3.8) is 0 Å². The third-order valence-electron chi connectivity index (χ3n) is 8.24. The van der Waals surface area contributed by atoms with Gasteiger partial charge in [-0.2, -0.15) is 0 Å². The highest BCUT2D eigenvalue weighted by Crippen LogP contribution is 2.32. The third-order valence-corrected chi connectivity index (χ3v) is 8.24. The molecule has 0 atom stereocenters. The third kappa shape index (κ3) is 5.76. The fraction of sp³-hybridized carbons (Fsp3) is 0.222. The number of rotatable bonds is 10. The molecule has 0 saturated heterocycles. The summed E-state index contributed by atoms with van der Waals surface area (Å²) in [6.07, 6.45) is 0. The standard InChI is InChI=1S/C36H32N2O7/c1-21-5-7-25(17-23(21)3)43-15-13-37-33(39)29-11-9-27(19-31(29)35(37)41)45-28-10-12-30-32(20-28)36(42)38(34(30)40)14-16-44-26-8-6-22(2)24(4)18-26/h5-12,17-20H,13-16H2,1-4H3. The van der Waals surface area contributed by atoms with E-state index in [1.807, 2.05) is 64.1 Å². The predicted molar refractivity (Wildman–Crippen MR) is 167 cm³/mol. The Morgan fingerprint density at radius 3 is 1.22 bits per heavy atom. The summed E-state index contributed by atoms with van der Waals surface area (Å²) < 4.78 is 17.5. The number of carbonyl (C=O) groups is 4. The van der Waals surface area contributed by atoms with Gasteiger partial charge in [-0.05, 0) is 111 Å². The van der Waals surface area contributed by atoms with Crippen molar-refractivity contribution < 1.29 is 33.4 Å². The van der Waals surface area contributed by atoms with Crippen LogP contribution in [0.25, 0.3) is 0 Å². The van der Waals surface area contributed by atoms with Crippen LogP contribution < -0.4 is 14.2 Å². The van der Waals surface area contributed by atoms with E-state index in [4.69, 9.17) is 14.2 Å². The first-order valence-electron chi connectivity index (χ1n) is 14.7. The zero-order valence-corrected chi connectivity index (χ0v) is 25.5. The Bertz CT molecular complexity index is 1740. The molecule has 2 aliphatic rings. The summed E-state index contributed by atoms with van der Waals surface area (Å²) in [6.45, 7) is 8.53. The Morgan fingerprint density at radius 1 is 0.444 bits per heavy atom. The SMILES string of the molecule is Cc1ccc(OCCN2C(=O)c3ccc(Oc4ccc5c(c4)C(=O)N(CCOc4ccc(C)c(C)c4)C5=O)cc3C2=O)cc1C. The van der Waals surface area contributed by atoms with E-state index in [0.29, 0.717) is 23.0 Å². The minimum atomic E-state index is -0.433. The van der Waals surface area contributed by atoms with E-state index in [-0.39, 0.29) is 48.6 Å². The van der Waals surface area contributed by atoms with Gasteiger partial charge in [-0.1, -0.05) is 12.1 Å². The quantitative estimate of drug-likeness (QED) is 0.203. The molecule has 0 aromatic heterocycles. The monoisotopic (exact) mass is 604 g/mol. The highest BCUT2D eigenvalue weighted by atomic mass is 16.5. The highest BCUT2D eigenvalue weighted by Gasteiger charge is 2.37. The average Bonchev–Trinajstić information content (AvgIpc) is 3.40. The molecule has 0 bridgehead atoms. The van der Waals surface area contributed by atoms with Crippen LogP contribution >= 0.6 is 0 Å². The van der Waals surface area contributed by atoms with E-state index in [1.54, 1.807) is 24.3 Å². The van der Waals surface area contributed by atoms with E-state index < -0.39 is 23.6 Å². The summed E-state index contributed by atoms with van der Waals surface area (Å²) in [6, 6.07) is 20.8. The number of carbonyl (C=O) groups excluding carboxylic acids is 4. The zero-order valence-electron chi connectivity index (χ0n) is 25.5. The molecule has 0 aliphatic carbocycles. The smallest absolute Gasteiger partial charge is 0.261 e. The molecule has 4 amide bonds. The maximum absolute atomic E-state index is 13.1. The number of fused-ring (bicyclic) bond motifs is 2. The van der Waals surface area contributed by atoms with Crippen LogP contribution in [0.3, 0.4) is 0 Å². The molecule has 9 heteroatoms. The van der Waals surface area contributed by atoms with Crippen LogP contribution in [0.4, 0.5) is 0 Å². The lowest BCUT2D eigenvalue weighted by Gasteiger charge is -2.15. The van der Waals surface area contributed by atoms with Gasteiger partial charge in [0.25, 0.3) is 23.6 Å².